The minimum atomic E-state index is -0.786. The highest BCUT2D eigenvalue weighted by Crippen LogP contribution is 2.34. The number of hydrogen-bond acceptors (Lipinski definition) is 5. The Morgan fingerprint density at radius 2 is 1.72 bits per heavy atom. The van der Waals surface area contributed by atoms with Crippen LogP contribution in [-0.2, 0) is 9.53 Å². The molecule has 1 amide bonds. The highest BCUT2D eigenvalue weighted by Gasteiger charge is 2.22. The SMILES string of the molecule is COc1ccc(-c2ncccc2NC(=O)C(OC)c2ccc(Cl)cc2)cc1OC. The lowest BCUT2D eigenvalue weighted by atomic mass is 10.1. The molecule has 0 aliphatic carbocycles. The predicted octanol–water partition coefficient (Wildman–Crippen LogP) is 4.75. The Morgan fingerprint density at radius 1 is 1.00 bits per heavy atom. The average Bonchev–Trinajstić information content (AvgIpc) is 2.75. The third kappa shape index (κ3) is 4.67. The Balaban J connectivity index is 1.91. The summed E-state index contributed by atoms with van der Waals surface area (Å²) in [7, 11) is 4.63. The van der Waals surface area contributed by atoms with Crippen molar-refractivity contribution in [2.75, 3.05) is 26.6 Å². The maximum atomic E-state index is 12.9. The Kier molecular flexibility index (Phi) is 6.69. The molecule has 2 aromatic carbocycles. The van der Waals surface area contributed by atoms with Crippen molar-refractivity contribution in [1.82, 2.24) is 4.98 Å². The van der Waals surface area contributed by atoms with E-state index in [1.807, 2.05) is 12.1 Å². The fourth-order valence-corrected chi connectivity index (χ4v) is 3.08. The van der Waals surface area contributed by atoms with E-state index in [2.05, 4.69) is 10.3 Å². The molecule has 1 atom stereocenters. The monoisotopic (exact) mass is 412 g/mol. The molecular formula is C22H21ClN2O4. The van der Waals surface area contributed by atoms with E-state index < -0.39 is 6.10 Å². The summed E-state index contributed by atoms with van der Waals surface area (Å²) in [6.45, 7) is 0. The third-order valence-corrected chi connectivity index (χ3v) is 4.62. The molecule has 7 heteroatoms. The van der Waals surface area contributed by atoms with Gasteiger partial charge >= 0.3 is 0 Å². The number of ether oxygens (including phenoxy) is 3. The molecule has 0 aliphatic heterocycles. The van der Waals surface area contributed by atoms with Crippen LogP contribution in [-0.4, -0.2) is 32.2 Å². The number of nitrogens with zero attached hydrogens (tertiary/aromatic N) is 1. The molecule has 150 valence electrons. The summed E-state index contributed by atoms with van der Waals surface area (Å²) in [4.78, 5) is 17.3. The first kappa shape index (κ1) is 20.6. The zero-order valence-electron chi connectivity index (χ0n) is 16.3. The van der Waals surface area contributed by atoms with Crippen molar-refractivity contribution >= 4 is 23.2 Å². The first-order valence-corrected chi connectivity index (χ1v) is 9.21. The van der Waals surface area contributed by atoms with E-state index in [4.69, 9.17) is 25.8 Å². The van der Waals surface area contributed by atoms with Gasteiger partial charge in [0.15, 0.2) is 17.6 Å². The van der Waals surface area contributed by atoms with Gasteiger partial charge in [-0.1, -0.05) is 23.7 Å². The number of amides is 1. The molecule has 0 radical (unpaired) electrons. The number of carbonyl (C=O) groups excluding carboxylic acids is 1. The Morgan fingerprint density at radius 3 is 2.38 bits per heavy atom. The molecule has 0 saturated heterocycles. The van der Waals surface area contributed by atoms with Crippen LogP contribution in [0.25, 0.3) is 11.3 Å². The Bertz CT molecular complexity index is 992. The number of pyridine rings is 1. The van der Waals surface area contributed by atoms with Gasteiger partial charge in [-0.2, -0.15) is 0 Å². The minimum absolute atomic E-state index is 0.315. The second kappa shape index (κ2) is 9.41. The van der Waals surface area contributed by atoms with Gasteiger partial charge in [0.2, 0.25) is 0 Å². The van der Waals surface area contributed by atoms with Crippen LogP contribution in [0.15, 0.2) is 60.8 Å². The van der Waals surface area contributed by atoms with Gasteiger partial charge in [0.1, 0.15) is 0 Å². The van der Waals surface area contributed by atoms with Crippen molar-refractivity contribution in [2.24, 2.45) is 0 Å². The van der Waals surface area contributed by atoms with Crippen LogP contribution in [0.4, 0.5) is 5.69 Å². The van der Waals surface area contributed by atoms with E-state index in [-0.39, 0.29) is 5.91 Å². The van der Waals surface area contributed by atoms with Gasteiger partial charge < -0.3 is 19.5 Å². The van der Waals surface area contributed by atoms with Gasteiger partial charge in [0.05, 0.1) is 25.6 Å². The molecule has 1 unspecified atom stereocenters. The van der Waals surface area contributed by atoms with E-state index in [0.29, 0.717) is 33.5 Å². The van der Waals surface area contributed by atoms with Crippen LogP contribution < -0.4 is 14.8 Å². The first-order chi connectivity index (χ1) is 14.1. The predicted molar refractivity (Wildman–Crippen MR) is 113 cm³/mol. The van der Waals surface area contributed by atoms with Crippen LogP contribution in [0.5, 0.6) is 11.5 Å². The van der Waals surface area contributed by atoms with Gasteiger partial charge in [-0.05, 0) is 48.0 Å². The Labute approximate surface area is 174 Å². The van der Waals surface area contributed by atoms with Crippen LogP contribution in [0.1, 0.15) is 11.7 Å². The normalized spacial score (nSPS) is 11.6. The van der Waals surface area contributed by atoms with Gasteiger partial charge in [-0.3, -0.25) is 9.78 Å². The van der Waals surface area contributed by atoms with Gasteiger partial charge in [0.25, 0.3) is 5.91 Å². The molecule has 0 spiro atoms. The maximum Gasteiger partial charge on any atom is 0.258 e. The van der Waals surface area contributed by atoms with E-state index in [9.17, 15) is 4.79 Å². The summed E-state index contributed by atoms with van der Waals surface area (Å²) < 4.78 is 16.1. The number of carbonyl (C=O) groups is 1. The van der Waals surface area contributed by atoms with E-state index >= 15 is 0 Å². The molecule has 1 N–H and O–H groups in total. The van der Waals surface area contributed by atoms with Gasteiger partial charge in [0, 0.05) is 23.9 Å². The molecule has 6 nitrogen and oxygen atoms in total. The summed E-state index contributed by atoms with van der Waals surface area (Å²) in [5.41, 5.74) is 2.64. The van der Waals surface area contributed by atoms with Gasteiger partial charge in [-0.25, -0.2) is 0 Å². The molecule has 0 fully saturated rings. The molecule has 3 rings (SSSR count). The quantitative estimate of drug-likeness (QED) is 0.606. The molecular weight excluding hydrogens is 392 g/mol. The largest absolute Gasteiger partial charge is 0.493 e. The second-order valence-corrected chi connectivity index (χ2v) is 6.56. The standard InChI is InChI=1S/C22H21ClN2O4/c1-27-18-11-8-15(13-19(18)28-2)20-17(5-4-12-24-20)25-22(26)21(29-3)14-6-9-16(23)10-7-14/h4-13,21H,1-3H3,(H,25,26). The molecule has 1 aromatic heterocycles. The second-order valence-electron chi connectivity index (χ2n) is 6.13. The summed E-state index contributed by atoms with van der Waals surface area (Å²) in [6.07, 6.45) is 0.875. The molecule has 0 aliphatic rings. The van der Waals surface area contributed by atoms with Crippen molar-refractivity contribution in [3.8, 4) is 22.8 Å². The summed E-state index contributed by atoms with van der Waals surface area (Å²) >= 11 is 5.94. The molecule has 0 bridgehead atoms. The smallest absolute Gasteiger partial charge is 0.258 e. The number of halogens is 1. The van der Waals surface area contributed by atoms with Crippen LogP contribution in [0.3, 0.4) is 0 Å². The number of methoxy groups -OCH3 is 3. The van der Waals surface area contributed by atoms with Crippen molar-refractivity contribution in [3.05, 3.63) is 71.4 Å². The van der Waals surface area contributed by atoms with Crippen molar-refractivity contribution in [2.45, 2.75) is 6.10 Å². The fourth-order valence-electron chi connectivity index (χ4n) is 2.95. The number of hydrogen-bond donors (Lipinski definition) is 1. The minimum Gasteiger partial charge on any atom is -0.493 e. The van der Waals surface area contributed by atoms with Crippen molar-refractivity contribution in [1.29, 1.82) is 0 Å². The zero-order valence-corrected chi connectivity index (χ0v) is 17.1. The van der Waals surface area contributed by atoms with Crippen LogP contribution in [0.2, 0.25) is 5.02 Å². The molecule has 0 saturated carbocycles. The average molecular weight is 413 g/mol. The zero-order chi connectivity index (χ0) is 20.8. The van der Waals surface area contributed by atoms with Crippen molar-refractivity contribution < 1.29 is 19.0 Å². The Hall–Kier alpha value is -3.09. The lowest BCUT2D eigenvalue weighted by Gasteiger charge is -2.17. The topological polar surface area (TPSA) is 69.7 Å². The van der Waals surface area contributed by atoms with Gasteiger partial charge in [-0.15, -0.1) is 0 Å². The summed E-state index contributed by atoms with van der Waals surface area (Å²) in [5.74, 6) is 0.869. The fraction of sp³-hybridized carbons (Fsp3) is 0.182. The number of benzene rings is 2. The van der Waals surface area contributed by atoms with E-state index in [1.54, 1.807) is 62.9 Å². The highest BCUT2D eigenvalue weighted by molar-refractivity contribution is 6.30. The number of anilines is 1. The van der Waals surface area contributed by atoms with E-state index in [0.717, 1.165) is 5.56 Å². The first-order valence-electron chi connectivity index (χ1n) is 8.84. The number of nitrogens with one attached hydrogen (secondary N) is 1. The lowest BCUT2D eigenvalue weighted by molar-refractivity contribution is -0.126. The van der Waals surface area contributed by atoms with E-state index in [1.165, 1.54) is 7.11 Å². The van der Waals surface area contributed by atoms with Crippen molar-refractivity contribution in [3.63, 3.8) is 0 Å². The highest BCUT2D eigenvalue weighted by atomic mass is 35.5. The summed E-state index contributed by atoms with van der Waals surface area (Å²) in [6, 6.07) is 15.9. The maximum absolute atomic E-state index is 12.9. The number of rotatable bonds is 7. The molecule has 1 heterocycles. The summed E-state index contributed by atoms with van der Waals surface area (Å²) in [5, 5.41) is 3.50. The molecule has 3 aromatic rings. The van der Waals surface area contributed by atoms with Crippen LogP contribution in [0, 0.1) is 0 Å². The molecule has 29 heavy (non-hydrogen) atoms. The lowest BCUT2D eigenvalue weighted by Crippen LogP contribution is -2.23. The third-order valence-electron chi connectivity index (χ3n) is 4.37. The number of aromatic nitrogens is 1. The van der Waals surface area contributed by atoms with Crippen LogP contribution >= 0.6 is 11.6 Å².